The average molecular weight is 311 g/mol. The summed E-state index contributed by atoms with van der Waals surface area (Å²) in [5, 5.41) is 13.8. The van der Waals surface area contributed by atoms with E-state index in [2.05, 4.69) is 50.0 Å². The quantitative estimate of drug-likeness (QED) is 0.926. The van der Waals surface area contributed by atoms with Gasteiger partial charge in [0.15, 0.2) is 0 Å². The summed E-state index contributed by atoms with van der Waals surface area (Å²) < 4.78 is 0. The molecule has 0 saturated carbocycles. The molecule has 0 radical (unpaired) electrons. The third kappa shape index (κ3) is 4.49. The van der Waals surface area contributed by atoms with Gasteiger partial charge in [0.05, 0.1) is 16.8 Å². The first-order chi connectivity index (χ1) is 9.77. The number of rotatable bonds is 3. The Kier molecular flexibility index (Phi) is 5.41. The molecule has 0 aliphatic carbocycles. The summed E-state index contributed by atoms with van der Waals surface area (Å²) in [4.78, 5) is 9.33. The number of aliphatic hydroxyl groups is 1. The number of aliphatic hydroxyl groups excluding tert-OH is 1. The maximum atomic E-state index is 10.7. The van der Waals surface area contributed by atoms with Crippen molar-refractivity contribution < 1.29 is 5.11 Å². The molecule has 2 heterocycles. The van der Waals surface area contributed by atoms with Crippen molar-refractivity contribution in [3.8, 4) is 0 Å². The van der Waals surface area contributed by atoms with E-state index in [9.17, 15) is 5.11 Å². The third-order valence-electron chi connectivity index (χ3n) is 4.26. The highest BCUT2D eigenvalue weighted by molar-refractivity contribution is 7.09. The van der Waals surface area contributed by atoms with Crippen LogP contribution in [0.5, 0.6) is 0 Å². The molecular weight excluding hydrogens is 282 g/mol. The van der Waals surface area contributed by atoms with Gasteiger partial charge in [0, 0.05) is 29.8 Å². The van der Waals surface area contributed by atoms with Gasteiger partial charge in [0.25, 0.3) is 0 Å². The minimum atomic E-state index is -0.352. The second-order valence-electron chi connectivity index (χ2n) is 7.31. The molecule has 1 fully saturated rings. The SMILES string of the molecule is CN1CCCN(C)C(C(O)Cc2nc(C(C)(C)C)cs2)C1. The van der Waals surface area contributed by atoms with Crippen LogP contribution in [-0.2, 0) is 11.8 Å². The highest BCUT2D eigenvalue weighted by atomic mass is 32.1. The zero-order chi connectivity index (χ0) is 15.6. The lowest BCUT2D eigenvalue weighted by Crippen LogP contribution is -2.47. The molecule has 1 aliphatic rings. The van der Waals surface area contributed by atoms with Gasteiger partial charge in [0.2, 0.25) is 0 Å². The van der Waals surface area contributed by atoms with Crippen LogP contribution < -0.4 is 0 Å². The van der Waals surface area contributed by atoms with Crippen LogP contribution in [0.1, 0.15) is 37.9 Å². The molecule has 0 bridgehead atoms. The van der Waals surface area contributed by atoms with Gasteiger partial charge in [-0.05, 0) is 33.6 Å². The molecule has 0 aromatic carbocycles. The fourth-order valence-electron chi connectivity index (χ4n) is 2.79. The molecule has 2 atom stereocenters. The van der Waals surface area contributed by atoms with Gasteiger partial charge in [0.1, 0.15) is 0 Å². The van der Waals surface area contributed by atoms with Crippen LogP contribution in [0, 0.1) is 0 Å². The Hall–Kier alpha value is -0.490. The van der Waals surface area contributed by atoms with E-state index < -0.39 is 0 Å². The van der Waals surface area contributed by atoms with E-state index in [-0.39, 0.29) is 17.6 Å². The van der Waals surface area contributed by atoms with E-state index in [0.29, 0.717) is 6.42 Å². The molecular formula is C16H29N3OS. The molecule has 120 valence electrons. The van der Waals surface area contributed by atoms with Crippen LogP contribution in [0.25, 0.3) is 0 Å². The largest absolute Gasteiger partial charge is 0.391 e. The molecule has 2 rings (SSSR count). The lowest BCUT2D eigenvalue weighted by atomic mass is 9.93. The van der Waals surface area contributed by atoms with Crippen molar-refractivity contribution in [1.29, 1.82) is 0 Å². The minimum absolute atomic E-state index is 0.0824. The molecule has 1 saturated heterocycles. The van der Waals surface area contributed by atoms with Gasteiger partial charge in [-0.25, -0.2) is 4.98 Å². The molecule has 5 heteroatoms. The van der Waals surface area contributed by atoms with E-state index in [1.54, 1.807) is 11.3 Å². The first-order valence-corrected chi connectivity index (χ1v) is 8.67. The maximum absolute atomic E-state index is 10.7. The Morgan fingerprint density at radius 1 is 1.38 bits per heavy atom. The van der Waals surface area contributed by atoms with E-state index in [1.165, 1.54) is 6.42 Å². The maximum Gasteiger partial charge on any atom is 0.0954 e. The summed E-state index contributed by atoms with van der Waals surface area (Å²) in [5.41, 5.74) is 1.21. The van der Waals surface area contributed by atoms with Gasteiger partial charge in [-0.15, -0.1) is 11.3 Å². The summed E-state index contributed by atoms with van der Waals surface area (Å²) in [6.07, 6.45) is 1.47. The number of aromatic nitrogens is 1. The highest BCUT2D eigenvalue weighted by Gasteiger charge is 2.28. The zero-order valence-corrected chi connectivity index (χ0v) is 14.8. The van der Waals surface area contributed by atoms with Gasteiger partial charge in [-0.2, -0.15) is 0 Å². The lowest BCUT2D eigenvalue weighted by Gasteiger charge is -2.31. The standard InChI is InChI=1S/C16H29N3OS/c1-16(2,3)14-11-21-15(17-14)9-13(20)12-10-18(4)7-6-8-19(12)5/h11-13,20H,6-10H2,1-5H3. The number of hydrogen-bond donors (Lipinski definition) is 1. The molecule has 1 aromatic heterocycles. The van der Waals surface area contributed by atoms with Crippen LogP contribution in [0.4, 0.5) is 0 Å². The van der Waals surface area contributed by atoms with Gasteiger partial charge in [-0.3, -0.25) is 4.90 Å². The fraction of sp³-hybridized carbons (Fsp3) is 0.812. The third-order valence-corrected chi connectivity index (χ3v) is 5.13. The summed E-state index contributed by atoms with van der Waals surface area (Å²) in [6.45, 7) is 9.62. The molecule has 1 aliphatic heterocycles. The van der Waals surface area contributed by atoms with Crippen LogP contribution in [0.3, 0.4) is 0 Å². The van der Waals surface area contributed by atoms with Crippen molar-refractivity contribution in [2.45, 2.75) is 51.2 Å². The average Bonchev–Trinajstić information content (AvgIpc) is 2.77. The zero-order valence-electron chi connectivity index (χ0n) is 14.0. The Balaban J connectivity index is 2.02. The first-order valence-electron chi connectivity index (χ1n) is 7.79. The van der Waals surface area contributed by atoms with Crippen LogP contribution in [0.15, 0.2) is 5.38 Å². The van der Waals surface area contributed by atoms with E-state index in [0.717, 1.165) is 30.3 Å². The molecule has 1 N–H and O–H groups in total. The highest BCUT2D eigenvalue weighted by Crippen LogP contribution is 2.25. The summed E-state index contributed by atoms with van der Waals surface area (Å²) in [7, 11) is 4.26. The van der Waals surface area contributed by atoms with E-state index in [1.807, 2.05) is 0 Å². The second-order valence-corrected chi connectivity index (χ2v) is 8.25. The van der Waals surface area contributed by atoms with Crippen LogP contribution in [0.2, 0.25) is 0 Å². The van der Waals surface area contributed by atoms with Crippen molar-refractivity contribution >= 4 is 11.3 Å². The Morgan fingerprint density at radius 3 is 2.71 bits per heavy atom. The summed E-state index contributed by atoms with van der Waals surface area (Å²) in [6, 6.07) is 0.194. The predicted octanol–water partition coefficient (Wildman–Crippen LogP) is 1.98. The normalized spacial score (nSPS) is 24.0. The van der Waals surface area contributed by atoms with Gasteiger partial charge < -0.3 is 10.0 Å². The summed E-state index contributed by atoms with van der Waals surface area (Å²) >= 11 is 1.67. The van der Waals surface area contributed by atoms with Crippen molar-refractivity contribution in [1.82, 2.24) is 14.8 Å². The topological polar surface area (TPSA) is 39.6 Å². The fourth-order valence-corrected chi connectivity index (χ4v) is 3.86. The molecule has 0 amide bonds. The van der Waals surface area contributed by atoms with Gasteiger partial charge >= 0.3 is 0 Å². The van der Waals surface area contributed by atoms with E-state index in [4.69, 9.17) is 4.98 Å². The van der Waals surface area contributed by atoms with Crippen molar-refractivity contribution in [2.75, 3.05) is 33.7 Å². The predicted molar refractivity (Wildman–Crippen MR) is 89.1 cm³/mol. The van der Waals surface area contributed by atoms with Gasteiger partial charge in [-0.1, -0.05) is 20.8 Å². The monoisotopic (exact) mass is 311 g/mol. The lowest BCUT2D eigenvalue weighted by molar-refractivity contribution is 0.0580. The second kappa shape index (κ2) is 6.73. The molecule has 21 heavy (non-hydrogen) atoms. The number of likely N-dealkylation sites (N-methyl/N-ethyl adjacent to an activating group) is 2. The number of nitrogens with zero attached hydrogens (tertiary/aromatic N) is 3. The van der Waals surface area contributed by atoms with Crippen LogP contribution >= 0.6 is 11.3 Å². The Bertz CT molecular complexity index is 455. The first kappa shape index (κ1) is 16.9. The van der Waals surface area contributed by atoms with Crippen molar-refractivity contribution in [2.24, 2.45) is 0 Å². The van der Waals surface area contributed by atoms with Crippen molar-refractivity contribution in [3.63, 3.8) is 0 Å². The van der Waals surface area contributed by atoms with E-state index >= 15 is 0 Å². The molecule has 2 unspecified atom stereocenters. The number of hydrogen-bond acceptors (Lipinski definition) is 5. The van der Waals surface area contributed by atoms with Crippen LogP contribution in [-0.4, -0.2) is 65.8 Å². The Morgan fingerprint density at radius 2 is 2.10 bits per heavy atom. The molecule has 1 aromatic rings. The Labute approximate surface area is 132 Å². The molecule has 0 spiro atoms. The number of thiazole rings is 1. The summed E-state index contributed by atoms with van der Waals surface area (Å²) in [5.74, 6) is 0. The molecule has 4 nitrogen and oxygen atoms in total. The smallest absolute Gasteiger partial charge is 0.0954 e. The van der Waals surface area contributed by atoms with Crippen molar-refractivity contribution in [3.05, 3.63) is 16.1 Å². The minimum Gasteiger partial charge on any atom is -0.391 e.